The van der Waals surface area contributed by atoms with E-state index in [1.807, 2.05) is 38.1 Å². The molecule has 0 saturated heterocycles. The van der Waals surface area contributed by atoms with Crippen molar-refractivity contribution in [3.63, 3.8) is 0 Å². The minimum absolute atomic E-state index is 0.0869. The monoisotopic (exact) mass is 391 g/mol. The Morgan fingerprint density at radius 1 is 1.11 bits per heavy atom. The highest BCUT2D eigenvalue weighted by Crippen LogP contribution is 2.37. The third kappa shape index (κ3) is 3.25. The van der Waals surface area contributed by atoms with Gasteiger partial charge in [0.05, 0.1) is 10.2 Å². The van der Waals surface area contributed by atoms with Crippen LogP contribution < -0.4 is 11.1 Å². The summed E-state index contributed by atoms with van der Waals surface area (Å²) >= 11 is 1.60. The van der Waals surface area contributed by atoms with Crippen LogP contribution in [0, 0.1) is 0 Å². The zero-order valence-electron chi connectivity index (χ0n) is 15.8. The normalized spacial score (nSPS) is 11.1. The molecule has 3 N–H and O–H groups in total. The van der Waals surface area contributed by atoms with Crippen molar-refractivity contribution in [1.82, 2.24) is 14.9 Å². The number of nitrogens with zero attached hydrogens (tertiary/aromatic N) is 3. The average molecular weight is 392 g/mol. The number of carbonyl (C=O) groups is 1. The van der Waals surface area contributed by atoms with Gasteiger partial charge in [-0.05, 0) is 43.2 Å². The summed E-state index contributed by atoms with van der Waals surface area (Å²) in [4.78, 5) is 22.5. The molecule has 0 radical (unpaired) electrons. The van der Waals surface area contributed by atoms with Gasteiger partial charge in [-0.1, -0.05) is 24.3 Å². The summed E-state index contributed by atoms with van der Waals surface area (Å²) < 4.78 is 2.02. The number of hydrogen-bond donors (Lipinski definition) is 2. The minimum atomic E-state index is -0.0869. The number of fused-ring (bicyclic) bond motifs is 3. The maximum absolute atomic E-state index is 12.3. The highest BCUT2D eigenvalue weighted by molar-refractivity contribution is 7.26. The molecule has 2 amide bonds. The molecule has 4 aromatic rings. The number of hydrogen-bond acceptors (Lipinski definition) is 5. The van der Waals surface area contributed by atoms with Gasteiger partial charge in [-0.15, -0.1) is 11.3 Å². The van der Waals surface area contributed by atoms with Crippen LogP contribution in [0.3, 0.4) is 0 Å². The second kappa shape index (κ2) is 7.44. The molecule has 28 heavy (non-hydrogen) atoms. The molecule has 0 atom stereocenters. The molecule has 7 heteroatoms. The van der Waals surface area contributed by atoms with Crippen molar-refractivity contribution >= 4 is 49.2 Å². The van der Waals surface area contributed by atoms with E-state index in [1.54, 1.807) is 16.2 Å². The van der Waals surface area contributed by atoms with Crippen molar-refractivity contribution in [2.45, 2.75) is 13.8 Å². The summed E-state index contributed by atoms with van der Waals surface area (Å²) in [5.41, 5.74) is 9.78. The van der Waals surface area contributed by atoms with Gasteiger partial charge in [0.15, 0.2) is 0 Å². The molecular weight excluding hydrogens is 370 g/mol. The van der Waals surface area contributed by atoms with E-state index in [1.165, 1.54) is 6.33 Å². The van der Waals surface area contributed by atoms with Crippen molar-refractivity contribution < 1.29 is 4.79 Å². The SMILES string of the molecule is CCN(CC)C(=O)Nc1cccc(-c2ccc3c(c2)sc2c(N)ncnc23)c1. The molecule has 0 spiro atoms. The lowest BCUT2D eigenvalue weighted by molar-refractivity contribution is 0.217. The maximum atomic E-state index is 12.3. The van der Waals surface area contributed by atoms with Crippen molar-refractivity contribution in [3.05, 3.63) is 48.8 Å². The number of anilines is 2. The van der Waals surface area contributed by atoms with Gasteiger partial charge in [-0.25, -0.2) is 14.8 Å². The molecule has 0 saturated carbocycles. The zero-order valence-corrected chi connectivity index (χ0v) is 16.6. The lowest BCUT2D eigenvalue weighted by atomic mass is 10.0. The van der Waals surface area contributed by atoms with Gasteiger partial charge in [-0.3, -0.25) is 0 Å². The summed E-state index contributed by atoms with van der Waals surface area (Å²) in [5.74, 6) is 0.508. The molecule has 0 unspecified atom stereocenters. The van der Waals surface area contributed by atoms with Crippen LogP contribution in [0.1, 0.15) is 13.8 Å². The largest absolute Gasteiger partial charge is 0.382 e. The van der Waals surface area contributed by atoms with E-state index in [0.717, 1.165) is 37.1 Å². The third-order valence-corrected chi connectivity index (χ3v) is 5.94. The summed E-state index contributed by atoms with van der Waals surface area (Å²) in [6.07, 6.45) is 1.50. The van der Waals surface area contributed by atoms with Crippen molar-refractivity contribution in [2.75, 3.05) is 24.1 Å². The van der Waals surface area contributed by atoms with Gasteiger partial charge in [0.2, 0.25) is 0 Å². The first kappa shape index (κ1) is 18.2. The van der Waals surface area contributed by atoms with E-state index in [4.69, 9.17) is 5.73 Å². The number of nitrogens with two attached hydrogens (primary N) is 1. The van der Waals surface area contributed by atoms with Crippen molar-refractivity contribution in [1.29, 1.82) is 0 Å². The lowest BCUT2D eigenvalue weighted by Crippen LogP contribution is -2.34. The van der Waals surface area contributed by atoms with Gasteiger partial charge < -0.3 is 16.0 Å². The fraction of sp³-hybridized carbons (Fsp3) is 0.190. The Bertz CT molecular complexity index is 1170. The van der Waals surface area contributed by atoms with Crippen LogP contribution >= 0.6 is 11.3 Å². The molecular formula is C21H21N5OS. The molecule has 2 aromatic carbocycles. The molecule has 2 aromatic heterocycles. The summed E-state index contributed by atoms with van der Waals surface area (Å²) in [6, 6.07) is 14.1. The number of rotatable bonds is 4. The van der Waals surface area contributed by atoms with E-state index >= 15 is 0 Å². The number of thiophene rings is 1. The van der Waals surface area contributed by atoms with Crippen LogP contribution in [0.2, 0.25) is 0 Å². The number of nitrogen functional groups attached to an aromatic ring is 1. The van der Waals surface area contributed by atoms with E-state index in [2.05, 4.69) is 33.5 Å². The van der Waals surface area contributed by atoms with Crippen LogP contribution in [0.5, 0.6) is 0 Å². The number of benzene rings is 2. The van der Waals surface area contributed by atoms with Crippen LogP contribution in [0.4, 0.5) is 16.3 Å². The van der Waals surface area contributed by atoms with E-state index in [-0.39, 0.29) is 6.03 Å². The van der Waals surface area contributed by atoms with Crippen LogP contribution in [0.15, 0.2) is 48.8 Å². The van der Waals surface area contributed by atoms with Gasteiger partial charge in [0, 0.05) is 28.9 Å². The number of amides is 2. The number of aromatic nitrogens is 2. The molecule has 0 aliphatic rings. The third-order valence-electron chi connectivity index (χ3n) is 4.78. The molecule has 2 heterocycles. The van der Waals surface area contributed by atoms with Crippen molar-refractivity contribution in [2.24, 2.45) is 0 Å². The van der Waals surface area contributed by atoms with Crippen LogP contribution in [-0.4, -0.2) is 34.0 Å². The summed E-state index contributed by atoms with van der Waals surface area (Å²) in [5, 5.41) is 4.05. The number of nitrogens with one attached hydrogen (secondary N) is 1. The molecule has 0 bridgehead atoms. The second-order valence-corrected chi connectivity index (χ2v) is 7.49. The predicted molar refractivity (Wildman–Crippen MR) is 117 cm³/mol. The van der Waals surface area contributed by atoms with Crippen LogP contribution in [-0.2, 0) is 0 Å². The quantitative estimate of drug-likeness (QED) is 0.514. The Hall–Kier alpha value is -3.19. The average Bonchev–Trinajstić information content (AvgIpc) is 3.08. The Labute approximate surface area is 167 Å². The Balaban J connectivity index is 1.69. The standard InChI is InChI=1S/C21H21N5OS/c1-3-26(4-2)21(27)25-15-7-5-6-13(10-15)14-8-9-16-17(11-14)28-19-18(16)23-12-24-20(19)22/h5-12H,3-4H2,1-2H3,(H,25,27)(H2,22,23,24). The van der Waals surface area contributed by atoms with E-state index in [9.17, 15) is 4.79 Å². The first-order chi connectivity index (χ1) is 13.6. The Morgan fingerprint density at radius 3 is 2.68 bits per heavy atom. The Morgan fingerprint density at radius 2 is 1.89 bits per heavy atom. The molecule has 0 fully saturated rings. The second-order valence-electron chi connectivity index (χ2n) is 6.43. The fourth-order valence-electron chi connectivity index (χ4n) is 3.26. The topological polar surface area (TPSA) is 84.1 Å². The molecule has 6 nitrogen and oxygen atoms in total. The number of carbonyl (C=O) groups excluding carboxylic acids is 1. The highest BCUT2D eigenvalue weighted by atomic mass is 32.1. The van der Waals surface area contributed by atoms with E-state index in [0.29, 0.717) is 18.9 Å². The lowest BCUT2D eigenvalue weighted by Gasteiger charge is -2.19. The van der Waals surface area contributed by atoms with Gasteiger partial charge in [0.1, 0.15) is 12.1 Å². The molecule has 0 aliphatic heterocycles. The fourth-order valence-corrected chi connectivity index (χ4v) is 4.36. The van der Waals surface area contributed by atoms with Gasteiger partial charge in [0.25, 0.3) is 0 Å². The Kier molecular flexibility index (Phi) is 4.83. The van der Waals surface area contributed by atoms with E-state index < -0.39 is 0 Å². The smallest absolute Gasteiger partial charge is 0.321 e. The van der Waals surface area contributed by atoms with Gasteiger partial charge >= 0.3 is 6.03 Å². The van der Waals surface area contributed by atoms with Gasteiger partial charge in [-0.2, -0.15) is 0 Å². The predicted octanol–water partition coefficient (Wildman–Crippen LogP) is 4.97. The van der Waals surface area contributed by atoms with Crippen molar-refractivity contribution in [3.8, 4) is 11.1 Å². The minimum Gasteiger partial charge on any atom is -0.382 e. The molecule has 0 aliphatic carbocycles. The van der Waals surface area contributed by atoms with Crippen LogP contribution in [0.25, 0.3) is 31.4 Å². The first-order valence-electron chi connectivity index (χ1n) is 9.19. The molecule has 4 rings (SSSR count). The highest BCUT2D eigenvalue weighted by Gasteiger charge is 2.12. The number of urea groups is 1. The summed E-state index contributed by atoms with van der Waals surface area (Å²) in [6.45, 7) is 5.29. The maximum Gasteiger partial charge on any atom is 0.321 e. The zero-order chi connectivity index (χ0) is 19.7. The first-order valence-corrected chi connectivity index (χ1v) is 10.0. The molecule has 142 valence electrons. The summed E-state index contributed by atoms with van der Waals surface area (Å²) in [7, 11) is 0.